The second-order valence-electron chi connectivity index (χ2n) is 8.85. The molecule has 1 saturated heterocycles. The zero-order valence-corrected chi connectivity index (χ0v) is 17.8. The minimum Gasteiger partial charge on any atom is -0.494 e. The van der Waals surface area contributed by atoms with E-state index in [9.17, 15) is 24.5 Å². The van der Waals surface area contributed by atoms with E-state index in [1.54, 1.807) is 12.1 Å². The van der Waals surface area contributed by atoms with Gasteiger partial charge < -0.3 is 20.2 Å². The van der Waals surface area contributed by atoms with Crippen LogP contribution < -0.4 is 0 Å². The molecule has 1 aliphatic heterocycles. The fourth-order valence-corrected chi connectivity index (χ4v) is 4.90. The Bertz CT molecular complexity index is 887. The fourth-order valence-electron chi connectivity index (χ4n) is 4.90. The summed E-state index contributed by atoms with van der Waals surface area (Å²) in [5.41, 5.74) is 2.21. The van der Waals surface area contributed by atoms with E-state index < -0.39 is 6.10 Å². The van der Waals surface area contributed by atoms with E-state index in [1.807, 2.05) is 0 Å². The SMILES string of the molecule is O=C(c1ccc(F)cc1)C1CCN(CCC(O)Cn2c(O)c3c(c2O)CCCC3)CC1. The van der Waals surface area contributed by atoms with Crippen LogP contribution in [0.15, 0.2) is 24.3 Å². The third-order valence-corrected chi connectivity index (χ3v) is 6.78. The minimum atomic E-state index is -0.677. The Morgan fingerprint density at radius 2 is 1.61 bits per heavy atom. The van der Waals surface area contributed by atoms with Gasteiger partial charge in [0.1, 0.15) is 5.82 Å². The summed E-state index contributed by atoms with van der Waals surface area (Å²) in [4.78, 5) is 14.8. The second kappa shape index (κ2) is 9.40. The van der Waals surface area contributed by atoms with Crippen LogP contribution in [0.5, 0.6) is 11.8 Å². The molecule has 4 rings (SSSR count). The van der Waals surface area contributed by atoms with E-state index in [0.717, 1.165) is 62.7 Å². The number of piperidine rings is 1. The van der Waals surface area contributed by atoms with Gasteiger partial charge in [-0.1, -0.05) is 0 Å². The van der Waals surface area contributed by atoms with Crippen LogP contribution >= 0.6 is 0 Å². The number of fused-ring (bicyclic) bond motifs is 1. The highest BCUT2D eigenvalue weighted by Gasteiger charge is 2.27. The van der Waals surface area contributed by atoms with Crippen molar-refractivity contribution in [3.8, 4) is 11.8 Å². The molecule has 1 aliphatic carbocycles. The average molecular weight is 431 g/mol. The normalized spacial score (nSPS) is 18.6. The van der Waals surface area contributed by atoms with Gasteiger partial charge in [0, 0.05) is 29.2 Å². The standard InChI is InChI=1S/C24H31FN2O4/c25-18-7-5-16(6-8-18)22(29)17-9-12-26(13-10-17)14-11-19(28)15-27-23(30)20-3-1-2-4-21(20)24(27)31/h5-8,17,19,28,30-31H,1-4,9-15H2. The van der Waals surface area contributed by atoms with Crippen molar-refractivity contribution in [2.75, 3.05) is 19.6 Å². The molecule has 2 heterocycles. The van der Waals surface area contributed by atoms with Crippen LogP contribution in [0.25, 0.3) is 0 Å². The maximum Gasteiger partial charge on any atom is 0.197 e. The number of aromatic hydroxyl groups is 2. The Labute approximate surface area is 181 Å². The first-order chi connectivity index (χ1) is 14.9. The first-order valence-electron chi connectivity index (χ1n) is 11.3. The van der Waals surface area contributed by atoms with Crippen LogP contribution in [-0.4, -0.2) is 56.3 Å². The average Bonchev–Trinajstić information content (AvgIpc) is 3.03. The van der Waals surface area contributed by atoms with Crippen LogP contribution in [0.1, 0.15) is 53.6 Å². The summed E-state index contributed by atoms with van der Waals surface area (Å²) in [6.07, 6.45) is 4.89. The number of aromatic nitrogens is 1. The van der Waals surface area contributed by atoms with Gasteiger partial charge in [0.05, 0.1) is 12.6 Å². The van der Waals surface area contributed by atoms with Gasteiger partial charge in [-0.15, -0.1) is 0 Å². The second-order valence-corrected chi connectivity index (χ2v) is 8.85. The third kappa shape index (κ3) is 4.77. The molecular formula is C24H31FN2O4. The number of ketones is 1. The van der Waals surface area contributed by atoms with Gasteiger partial charge in [-0.05, 0) is 82.3 Å². The predicted octanol–water partition coefficient (Wildman–Crippen LogP) is 3.26. The summed E-state index contributed by atoms with van der Waals surface area (Å²) in [5, 5.41) is 31.4. The van der Waals surface area contributed by atoms with Crippen molar-refractivity contribution < 1.29 is 24.5 Å². The molecule has 0 radical (unpaired) electrons. The molecule has 0 amide bonds. The lowest BCUT2D eigenvalue weighted by Gasteiger charge is -2.31. The van der Waals surface area contributed by atoms with Crippen molar-refractivity contribution in [1.82, 2.24) is 9.47 Å². The Balaban J connectivity index is 1.25. The van der Waals surface area contributed by atoms with Crippen molar-refractivity contribution in [1.29, 1.82) is 0 Å². The lowest BCUT2D eigenvalue weighted by molar-refractivity contribution is 0.0797. The summed E-state index contributed by atoms with van der Waals surface area (Å²) in [5.74, 6) is -0.140. The van der Waals surface area contributed by atoms with Crippen molar-refractivity contribution >= 4 is 5.78 Å². The highest BCUT2D eigenvalue weighted by molar-refractivity contribution is 5.97. The highest BCUT2D eigenvalue weighted by atomic mass is 19.1. The molecule has 2 aromatic rings. The lowest BCUT2D eigenvalue weighted by atomic mass is 9.89. The molecule has 0 saturated carbocycles. The predicted molar refractivity (Wildman–Crippen MR) is 115 cm³/mol. The largest absolute Gasteiger partial charge is 0.494 e. The van der Waals surface area contributed by atoms with Crippen LogP contribution in [0.4, 0.5) is 4.39 Å². The lowest BCUT2D eigenvalue weighted by Crippen LogP contribution is -2.38. The van der Waals surface area contributed by atoms with E-state index in [4.69, 9.17) is 0 Å². The van der Waals surface area contributed by atoms with Gasteiger partial charge in [-0.3, -0.25) is 9.36 Å². The van der Waals surface area contributed by atoms with Gasteiger partial charge in [-0.2, -0.15) is 0 Å². The van der Waals surface area contributed by atoms with Crippen LogP contribution in [0.2, 0.25) is 0 Å². The number of carbonyl (C=O) groups excluding carboxylic acids is 1. The summed E-state index contributed by atoms with van der Waals surface area (Å²) >= 11 is 0. The number of hydrogen-bond acceptors (Lipinski definition) is 5. The molecule has 0 spiro atoms. The minimum absolute atomic E-state index is 0.0493. The number of Topliss-reactive ketones (excluding diaryl/α,β-unsaturated/α-hetero) is 1. The van der Waals surface area contributed by atoms with Crippen LogP contribution in [0.3, 0.4) is 0 Å². The molecule has 31 heavy (non-hydrogen) atoms. The molecule has 7 heteroatoms. The van der Waals surface area contributed by atoms with Gasteiger partial charge in [0.25, 0.3) is 0 Å². The van der Waals surface area contributed by atoms with Crippen molar-refractivity contribution in [2.24, 2.45) is 5.92 Å². The number of aliphatic hydroxyl groups excluding tert-OH is 1. The first kappa shape index (κ1) is 21.8. The van der Waals surface area contributed by atoms with Gasteiger partial charge in [0.2, 0.25) is 0 Å². The quantitative estimate of drug-likeness (QED) is 0.587. The number of hydrogen-bond donors (Lipinski definition) is 3. The van der Waals surface area contributed by atoms with Gasteiger partial charge in [0.15, 0.2) is 17.5 Å². The number of rotatable bonds is 7. The highest BCUT2D eigenvalue weighted by Crippen LogP contribution is 2.38. The van der Waals surface area contributed by atoms with E-state index in [0.29, 0.717) is 18.5 Å². The smallest absolute Gasteiger partial charge is 0.197 e. The number of halogens is 1. The van der Waals surface area contributed by atoms with Crippen molar-refractivity contribution in [3.63, 3.8) is 0 Å². The molecule has 3 N–H and O–H groups in total. The van der Waals surface area contributed by atoms with E-state index in [2.05, 4.69) is 4.90 Å². The van der Waals surface area contributed by atoms with Crippen molar-refractivity contribution in [3.05, 3.63) is 46.8 Å². The zero-order chi connectivity index (χ0) is 22.0. The Hall–Kier alpha value is -2.38. The number of nitrogens with zero attached hydrogens (tertiary/aromatic N) is 2. The maximum atomic E-state index is 13.1. The summed E-state index contributed by atoms with van der Waals surface area (Å²) in [7, 11) is 0. The molecule has 168 valence electrons. The summed E-state index contributed by atoms with van der Waals surface area (Å²) in [6, 6.07) is 5.73. The van der Waals surface area contributed by atoms with E-state index in [1.165, 1.54) is 16.7 Å². The first-order valence-corrected chi connectivity index (χ1v) is 11.3. The topological polar surface area (TPSA) is 85.9 Å². The zero-order valence-electron chi connectivity index (χ0n) is 17.8. The number of carbonyl (C=O) groups is 1. The summed E-state index contributed by atoms with van der Waals surface area (Å²) < 4.78 is 14.5. The van der Waals surface area contributed by atoms with Crippen molar-refractivity contribution in [2.45, 2.75) is 57.6 Å². The Kier molecular flexibility index (Phi) is 6.62. The Morgan fingerprint density at radius 1 is 1.03 bits per heavy atom. The number of aliphatic hydroxyl groups is 1. The molecule has 2 aliphatic rings. The van der Waals surface area contributed by atoms with Crippen LogP contribution in [0, 0.1) is 11.7 Å². The fraction of sp³-hybridized carbons (Fsp3) is 0.542. The molecule has 0 bridgehead atoms. The molecule has 1 fully saturated rings. The van der Waals surface area contributed by atoms with E-state index in [-0.39, 0.29) is 35.8 Å². The molecular weight excluding hydrogens is 399 g/mol. The molecule has 1 aromatic heterocycles. The van der Waals surface area contributed by atoms with Gasteiger partial charge in [-0.25, -0.2) is 4.39 Å². The Morgan fingerprint density at radius 3 is 2.19 bits per heavy atom. The van der Waals surface area contributed by atoms with E-state index >= 15 is 0 Å². The maximum absolute atomic E-state index is 13.1. The molecule has 6 nitrogen and oxygen atoms in total. The monoisotopic (exact) mass is 430 g/mol. The molecule has 1 unspecified atom stereocenters. The van der Waals surface area contributed by atoms with Gasteiger partial charge >= 0.3 is 0 Å². The number of likely N-dealkylation sites (tertiary alicyclic amines) is 1. The third-order valence-electron chi connectivity index (χ3n) is 6.78. The molecule has 1 atom stereocenters. The number of benzene rings is 1. The van der Waals surface area contributed by atoms with Crippen LogP contribution in [-0.2, 0) is 19.4 Å². The summed E-state index contributed by atoms with van der Waals surface area (Å²) in [6.45, 7) is 2.42. The molecule has 1 aromatic carbocycles.